The van der Waals surface area contributed by atoms with Gasteiger partial charge in [-0.25, -0.2) is 4.79 Å². The molecule has 0 radical (unpaired) electrons. The first-order chi connectivity index (χ1) is 18.6. The maximum absolute atomic E-state index is 13.5. The number of hydrogen-bond acceptors (Lipinski definition) is 6. The Morgan fingerprint density at radius 2 is 1.72 bits per heavy atom. The predicted molar refractivity (Wildman–Crippen MR) is 147 cm³/mol. The standard InChI is InChI=1S/C29H26ClN3O6/c1-16-10-17(2)12-21(11-16)33-18(3)25(29(37)38-4)24(28(33)36)14-22-8-9-23(39-22)15-31-26(34)27(35)32-20-7-5-6-19(30)13-20/h5-14H,15H2,1-4H3,(H,31,34)(H,32,35)/b24-14+. The molecular weight excluding hydrogens is 522 g/mol. The van der Waals surface area contributed by atoms with Crippen LogP contribution in [0.5, 0.6) is 0 Å². The number of rotatable bonds is 6. The van der Waals surface area contributed by atoms with Crippen LogP contribution < -0.4 is 15.5 Å². The van der Waals surface area contributed by atoms with E-state index in [0.717, 1.165) is 11.1 Å². The molecule has 2 aromatic carbocycles. The van der Waals surface area contributed by atoms with E-state index in [1.54, 1.807) is 37.3 Å². The van der Waals surface area contributed by atoms with Gasteiger partial charge >= 0.3 is 17.8 Å². The monoisotopic (exact) mass is 547 g/mol. The molecule has 0 fully saturated rings. The molecule has 200 valence electrons. The minimum atomic E-state index is -0.868. The quantitative estimate of drug-likeness (QED) is 0.263. The lowest BCUT2D eigenvalue weighted by atomic mass is 10.1. The lowest BCUT2D eigenvalue weighted by Crippen LogP contribution is -2.34. The first-order valence-electron chi connectivity index (χ1n) is 11.9. The molecule has 0 atom stereocenters. The molecule has 0 saturated carbocycles. The Kier molecular flexibility index (Phi) is 8.01. The highest BCUT2D eigenvalue weighted by Gasteiger charge is 2.38. The Hall–Kier alpha value is -4.63. The maximum Gasteiger partial charge on any atom is 0.340 e. The number of nitrogens with zero attached hydrogens (tertiary/aromatic N) is 1. The molecule has 10 heteroatoms. The van der Waals surface area contributed by atoms with Crippen molar-refractivity contribution in [3.63, 3.8) is 0 Å². The van der Waals surface area contributed by atoms with Gasteiger partial charge in [0.05, 0.1) is 24.8 Å². The molecule has 4 rings (SSSR count). The van der Waals surface area contributed by atoms with Gasteiger partial charge in [0, 0.05) is 22.1 Å². The third-order valence-corrected chi connectivity index (χ3v) is 6.17. The number of hydrogen-bond donors (Lipinski definition) is 2. The minimum absolute atomic E-state index is 0.0770. The number of methoxy groups -OCH3 is 1. The van der Waals surface area contributed by atoms with Gasteiger partial charge in [-0.2, -0.15) is 0 Å². The summed E-state index contributed by atoms with van der Waals surface area (Å²) in [5.74, 6) is -2.17. The minimum Gasteiger partial charge on any atom is -0.465 e. The summed E-state index contributed by atoms with van der Waals surface area (Å²) in [5.41, 5.74) is 3.65. The van der Waals surface area contributed by atoms with E-state index in [4.69, 9.17) is 20.8 Å². The molecule has 39 heavy (non-hydrogen) atoms. The van der Waals surface area contributed by atoms with Crippen molar-refractivity contribution in [3.8, 4) is 0 Å². The molecule has 1 aliphatic rings. The fraction of sp³-hybridized carbons (Fsp3) is 0.172. The molecule has 3 amide bonds. The molecule has 0 saturated heterocycles. The average Bonchev–Trinajstić information content (AvgIpc) is 3.42. The van der Waals surface area contributed by atoms with E-state index in [-0.39, 0.29) is 23.5 Å². The van der Waals surface area contributed by atoms with Crippen molar-refractivity contribution < 1.29 is 28.3 Å². The van der Waals surface area contributed by atoms with Crippen LogP contribution in [0.3, 0.4) is 0 Å². The number of esters is 1. The highest BCUT2D eigenvalue weighted by molar-refractivity contribution is 6.39. The van der Waals surface area contributed by atoms with E-state index in [1.807, 2.05) is 32.0 Å². The molecule has 0 unspecified atom stereocenters. The summed E-state index contributed by atoms with van der Waals surface area (Å²) in [7, 11) is 1.25. The highest BCUT2D eigenvalue weighted by atomic mass is 35.5. The van der Waals surface area contributed by atoms with Gasteiger partial charge in [-0.1, -0.05) is 23.7 Å². The predicted octanol–water partition coefficient (Wildman–Crippen LogP) is 4.68. The molecule has 9 nitrogen and oxygen atoms in total. The van der Waals surface area contributed by atoms with Crippen molar-refractivity contribution in [2.75, 3.05) is 17.3 Å². The van der Waals surface area contributed by atoms with E-state index in [0.29, 0.717) is 27.9 Å². The first kappa shape index (κ1) is 27.4. The fourth-order valence-corrected chi connectivity index (χ4v) is 4.47. The number of furan rings is 1. The second-order valence-corrected chi connectivity index (χ2v) is 9.38. The molecule has 2 N–H and O–H groups in total. The van der Waals surface area contributed by atoms with Crippen LogP contribution in [0.2, 0.25) is 5.02 Å². The Bertz CT molecular complexity index is 1530. The van der Waals surface area contributed by atoms with Crippen LogP contribution in [0.25, 0.3) is 6.08 Å². The molecule has 0 spiro atoms. The zero-order chi connectivity index (χ0) is 28.3. The largest absolute Gasteiger partial charge is 0.465 e. The summed E-state index contributed by atoms with van der Waals surface area (Å²) < 4.78 is 10.7. The van der Waals surface area contributed by atoms with E-state index in [2.05, 4.69) is 10.6 Å². The molecule has 2 heterocycles. The molecule has 1 aliphatic heterocycles. The first-order valence-corrected chi connectivity index (χ1v) is 12.3. The Morgan fingerprint density at radius 1 is 1.00 bits per heavy atom. The summed E-state index contributed by atoms with van der Waals surface area (Å²) >= 11 is 5.89. The number of ether oxygens (including phenoxy) is 1. The van der Waals surface area contributed by atoms with Crippen LogP contribution in [0.1, 0.15) is 29.6 Å². The van der Waals surface area contributed by atoms with E-state index in [9.17, 15) is 19.2 Å². The van der Waals surface area contributed by atoms with Gasteiger partial charge in [0.15, 0.2) is 0 Å². The zero-order valence-electron chi connectivity index (χ0n) is 21.8. The number of aryl methyl sites for hydroxylation is 2. The fourth-order valence-electron chi connectivity index (χ4n) is 4.28. The van der Waals surface area contributed by atoms with Crippen LogP contribution in [0.15, 0.2) is 75.9 Å². The number of amides is 3. The van der Waals surface area contributed by atoms with Crippen molar-refractivity contribution >= 4 is 52.7 Å². The van der Waals surface area contributed by atoms with Crippen molar-refractivity contribution in [3.05, 3.63) is 99.1 Å². The third-order valence-electron chi connectivity index (χ3n) is 5.94. The smallest absolute Gasteiger partial charge is 0.340 e. The SMILES string of the molecule is COC(=O)C1=C(C)N(c2cc(C)cc(C)c2)C(=O)/C1=C/c1ccc(CNC(=O)C(=O)Nc2cccc(Cl)c2)o1. The summed E-state index contributed by atoms with van der Waals surface area (Å²) in [6.45, 7) is 5.46. The van der Waals surface area contributed by atoms with Crippen LogP contribution in [-0.4, -0.2) is 30.8 Å². The van der Waals surface area contributed by atoms with Gasteiger partial charge in [0.25, 0.3) is 5.91 Å². The highest BCUT2D eigenvalue weighted by Crippen LogP contribution is 2.36. The van der Waals surface area contributed by atoms with Crippen molar-refractivity contribution in [1.29, 1.82) is 0 Å². The van der Waals surface area contributed by atoms with Gasteiger partial charge in [-0.15, -0.1) is 0 Å². The van der Waals surface area contributed by atoms with Gasteiger partial charge in [-0.05, 0) is 80.4 Å². The van der Waals surface area contributed by atoms with Gasteiger partial charge in [0.2, 0.25) is 0 Å². The zero-order valence-corrected chi connectivity index (χ0v) is 22.5. The molecule has 1 aromatic heterocycles. The number of benzene rings is 2. The number of nitrogens with one attached hydrogen (secondary N) is 2. The number of carbonyl (C=O) groups is 4. The second-order valence-electron chi connectivity index (χ2n) is 8.95. The third kappa shape index (κ3) is 6.10. The Morgan fingerprint density at radius 3 is 2.38 bits per heavy atom. The molecule has 0 bridgehead atoms. The maximum atomic E-state index is 13.5. The normalized spacial score (nSPS) is 14.1. The summed E-state index contributed by atoms with van der Waals surface area (Å²) in [6, 6.07) is 15.3. The summed E-state index contributed by atoms with van der Waals surface area (Å²) in [5, 5.41) is 5.35. The van der Waals surface area contributed by atoms with Gasteiger partial charge in [0.1, 0.15) is 11.5 Å². The molecular formula is C29H26ClN3O6. The second kappa shape index (κ2) is 11.4. The van der Waals surface area contributed by atoms with Crippen LogP contribution in [0, 0.1) is 13.8 Å². The van der Waals surface area contributed by atoms with Crippen LogP contribution in [-0.2, 0) is 30.5 Å². The van der Waals surface area contributed by atoms with E-state index < -0.39 is 23.7 Å². The topological polar surface area (TPSA) is 118 Å². The van der Waals surface area contributed by atoms with Crippen LogP contribution >= 0.6 is 11.6 Å². The van der Waals surface area contributed by atoms with Crippen molar-refractivity contribution in [1.82, 2.24) is 5.32 Å². The molecule has 0 aliphatic carbocycles. The Balaban J connectivity index is 1.51. The number of carbonyl (C=O) groups excluding carboxylic acids is 4. The lowest BCUT2D eigenvalue weighted by molar-refractivity contribution is -0.136. The van der Waals surface area contributed by atoms with Crippen LogP contribution in [0.4, 0.5) is 11.4 Å². The number of anilines is 2. The lowest BCUT2D eigenvalue weighted by Gasteiger charge is -2.19. The average molecular weight is 548 g/mol. The van der Waals surface area contributed by atoms with Crippen molar-refractivity contribution in [2.45, 2.75) is 27.3 Å². The van der Waals surface area contributed by atoms with E-state index in [1.165, 1.54) is 24.2 Å². The summed E-state index contributed by atoms with van der Waals surface area (Å²) in [6.07, 6.45) is 1.46. The number of halogens is 1. The van der Waals surface area contributed by atoms with Gasteiger partial charge in [-0.3, -0.25) is 19.3 Å². The Labute approximate surface area is 230 Å². The molecule has 3 aromatic rings. The van der Waals surface area contributed by atoms with Gasteiger partial charge < -0.3 is 19.8 Å². The summed E-state index contributed by atoms with van der Waals surface area (Å²) in [4.78, 5) is 52.0. The van der Waals surface area contributed by atoms with Crippen molar-refractivity contribution in [2.24, 2.45) is 0 Å². The number of allylic oxidation sites excluding steroid dienone is 1. The van der Waals surface area contributed by atoms with E-state index >= 15 is 0 Å².